The third-order valence-corrected chi connectivity index (χ3v) is 7.49. The molecule has 0 spiro atoms. The van der Waals surface area contributed by atoms with E-state index in [1.807, 2.05) is 6.07 Å². The zero-order valence-electron chi connectivity index (χ0n) is 17.1. The molecule has 0 bridgehead atoms. The smallest absolute Gasteiger partial charge is 0.222 e. The minimum absolute atomic E-state index is 0.363. The van der Waals surface area contributed by atoms with E-state index in [-0.39, 0.29) is 0 Å². The second-order valence-corrected chi connectivity index (χ2v) is 9.26. The van der Waals surface area contributed by atoms with E-state index in [1.54, 1.807) is 0 Å². The van der Waals surface area contributed by atoms with E-state index in [0.29, 0.717) is 37.0 Å². The molecule has 6 heteroatoms. The van der Waals surface area contributed by atoms with Gasteiger partial charge in [-0.2, -0.15) is 5.26 Å². The minimum atomic E-state index is 0.363. The summed E-state index contributed by atoms with van der Waals surface area (Å²) in [6.45, 7) is 5.00. The molecule has 2 atom stereocenters. The van der Waals surface area contributed by atoms with Gasteiger partial charge in [-0.3, -0.25) is 4.79 Å². The molecule has 3 fully saturated rings. The fourth-order valence-electron chi connectivity index (χ4n) is 5.76. The molecule has 0 radical (unpaired) electrons. The first-order chi connectivity index (χ1) is 14.2. The summed E-state index contributed by atoms with van der Waals surface area (Å²) in [4.78, 5) is 22.0. The molecule has 4 heterocycles. The van der Waals surface area contributed by atoms with E-state index in [0.717, 1.165) is 74.4 Å². The monoisotopic (exact) mass is 394 g/mol. The van der Waals surface area contributed by atoms with Gasteiger partial charge in [0.15, 0.2) is 0 Å². The highest BCUT2D eigenvalue weighted by Crippen LogP contribution is 2.38. The van der Waals surface area contributed by atoms with Crippen LogP contribution in [0.4, 0.5) is 5.82 Å². The van der Waals surface area contributed by atoms with Crippen LogP contribution in [0.1, 0.15) is 55.3 Å². The summed E-state index contributed by atoms with van der Waals surface area (Å²) in [5.74, 6) is 3.18. The zero-order chi connectivity index (χ0) is 19.8. The molecule has 1 amide bonds. The average Bonchev–Trinajstić information content (AvgIpc) is 3.36. The lowest BCUT2D eigenvalue weighted by atomic mass is 9.92. The molecule has 3 aliphatic heterocycles. The van der Waals surface area contributed by atoms with Crippen LogP contribution in [0.2, 0.25) is 0 Å². The maximum atomic E-state index is 12.8. The number of carbonyl (C=O) groups is 1. The van der Waals surface area contributed by atoms with E-state index in [1.165, 1.54) is 19.3 Å². The van der Waals surface area contributed by atoms with Crippen molar-refractivity contribution in [1.82, 2.24) is 9.88 Å². The van der Waals surface area contributed by atoms with Crippen molar-refractivity contribution in [3.05, 3.63) is 22.9 Å². The quantitative estimate of drug-likeness (QED) is 0.788. The van der Waals surface area contributed by atoms with Gasteiger partial charge in [-0.25, -0.2) is 4.98 Å². The molecule has 154 valence electrons. The van der Waals surface area contributed by atoms with Crippen molar-refractivity contribution < 1.29 is 9.53 Å². The topological polar surface area (TPSA) is 69.5 Å². The first kappa shape index (κ1) is 18.9. The molecule has 1 aliphatic carbocycles. The Balaban J connectivity index is 1.19. The molecular weight excluding hydrogens is 364 g/mol. The van der Waals surface area contributed by atoms with Gasteiger partial charge >= 0.3 is 0 Å². The second-order valence-electron chi connectivity index (χ2n) is 9.26. The van der Waals surface area contributed by atoms with E-state index in [9.17, 15) is 10.1 Å². The number of rotatable bonds is 3. The first-order valence-electron chi connectivity index (χ1n) is 11.2. The molecule has 2 unspecified atom stereocenters. The Morgan fingerprint density at radius 2 is 1.97 bits per heavy atom. The lowest BCUT2D eigenvalue weighted by molar-refractivity contribution is -0.131. The highest BCUT2D eigenvalue weighted by molar-refractivity contribution is 5.77. The number of nitrogens with zero attached hydrogens (tertiary/aromatic N) is 4. The van der Waals surface area contributed by atoms with Crippen molar-refractivity contribution in [3.63, 3.8) is 0 Å². The third kappa shape index (κ3) is 3.73. The largest absolute Gasteiger partial charge is 0.376 e. The van der Waals surface area contributed by atoms with E-state index in [4.69, 9.17) is 9.72 Å². The SMILES string of the molecule is N#Cc1cc2c(nc1N1CCC(CC(=O)N3CC4CCCC4C3)CC1)CCOC2. The van der Waals surface area contributed by atoms with Crippen LogP contribution in [-0.2, 0) is 22.6 Å². The van der Waals surface area contributed by atoms with Gasteiger partial charge in [0.2, 0.25) is 5.91 Å². The number of fused-ring (bicyclic) bond motifs is 2. The van der Waals surface area contributed by atoms with Gasteiger partial charge < -0.3 is 14.5 Å². The molecular formula is C23H30N4O2. The number of aromatic nitrogens is 1. The first-order valence-corrected chi connectivity index (χ1v) is 11.2. The molecule has 6 nitrogen and oxygen atoms in total. The average molecular weight is 395 g/mol. The maximum absolute atomic E-state index is 12.8. The van der Waals surface area contributed by atoms with E-state index >= 15 is 0 Å². The van der Waals surface area contributed by atoms with Crippen molar-refractivity contribution in [1.29, 1.82) is 5.26 Å². The third-order valence-electron chi connectivity index (χ3n) is 7.49. The summed E-state index contributed by atoms with van der Waals surface area (Å²) in [7, 11) is 0. The summed E-state index contributed by atoms with van der Waals surface area (Å²) < 4.78 is 5.50. The van der Waals surface area contributed by atoms with E-state index in [2.05, 4.69) is 15.9 Å². The van der Waals surface area contributed by atoms with Crippen LogP contribution >= 0.6 is 0 Å². The van der Waals surface area contributed by atoms with Crippen LogP contribution in [0.15, 0.2) is 6.07 Å². The van der Waals surface area contributed by atoms with Gasteiger partial charge in [-0.05, 0) is 49.5 Å². The van der Waals surface area contributed by atoms with Crippen molar-refractivity contribution >= 4 is 11.7 Å². The summed E-state index contributed by atoms with van der Waals surface area (Å²) in [6.07, 6.45) is 7.48. The number of ether oxygens (including phenoxy) is 1. The number of pyridine rings is 1. The number of amides is 1. The van der Waals surface area contributed by atoms with Crippen LogP contribution in [-0.4, -0.2) is 48.6 Å². The van der Waals surface area contributed by atoms with Gasteiger partial charge in [0.1, 0.15) is 11.9 Å². The molecule has 1 saturated carbocycles. The van der Waals surface area contributed by atoms with Crippen molar-refractivity contribution in [3.8, 4) is 6.07 Å². The van der Waals surface area contributed by atoms with Gasteiger partial charge in [0.25, 0.3) is 0 Å². The van der Waals surface area contributed by atoms with Crippen molar-refractivity contribution in [2.75, 3.05) is 37.7 Å². The van der Waals surface area contributed by atoms with Crippen molar-refractivity contribution in [2.24, 2.45) is 17.8 Å². The number of hydrogen-bond acceptors (Lipinski definition) is 5. The van der Waals surface area contributed by atoms with Crippen molar-refractivity contribution in [2.45, 2.75) is 51.6 Å². The predicted octanol–water partition coefficient (Wildman–Crippen LogP) is 2.89. The molecule has 5 rings (SSSR count). The number of anilines is 1. The number of likely N-dealkylation sites (tertiary alicyclic amines) is 1. The Labute approximate surface area is 172 Å². The summed E-state index contributed by atoms with van der Waals surface area (Å²) in [6, 6.07) is 4.28. The molecule has 1 aromatic rings. The fraction of sp³-hybridized carbons (Fsp3) is 0.696. The second kappa shape index (κ2) is 7.95. The van der Waals surface area contributed by atoms with Crippen LogP contribution in [0, 0.1) is 29.1 Å². The van der Waals surface area contributed by atoms with Gasteiger partial charge in [0, 0.05) is 44.6 Å². The van der Waals surface area contributed by atoms with Crippen LogP contribution in [0.3, 0.4) is 0 Å². The van der Waals surface area contributed by atoms with Gasteiger partial charge in [0.05, 0.1) is 24.5 Å². The lowest BCUT2D eigenvalue weighted by Crippen LogP contribution is -2.38. The number of piperidine rings is 1. The number of carbonyl (C=O) groups excluding carboxylic acids is 1. The lowest BCUT2D eigenvalue weighted by Gasteiger charge is -2.34. The highest BCUT2D eigenvalue weighted by Gasteiger charge is 2.38. The number of hydrogen-bond donors (Lipinski definition) is 0. The highest BCUT2D eigenvalue weighted by atomic mass is 16.5. The molecule has 29 heavy (non-hydrogen) atoms. The van der Waals surface area contributed by atoms with E-state index < -0.39 is 0 Å². The Morgan fingerprint density at radius 3 is 2.69 bits per heavy atom. The van der Waals surface area contributed by atoms with Crippen LogP contribution in [0.25, 0.3) is 0 Å². The Morgan fingerprint density at radius 1 is 1.21 bits per heavy atom. The summed E-state index contributed by atoms with van der Waals surface area (Å²) >= 11 is 0. The summed E-state index contributed by atoms with van der Waals surface area (Å²) in [5, 5.41) is 9.60. The molecule has 2 saturated heterocycles. The Kier molecular flexibility index (Phi) is 5.17. The van der Waals surface area contributed by atoms with Crippen LogP contribution < -0.4 is 4.90 Å². The van der Waals surface area contributed by atoms with Gasteiger partial charge in [-0.15, -0.1) is 0 Å². The van der Waals surface area contributed by atoms with Crippen LogP contribution in [0.5, 0.6) is 0 Å². The fourth-order valence-corrected chi connectivity index (χ4v) is 5.76. The molecule has 0 aromatic carbocycles. The Bertz CT molecular complexity index is 813. The maximum Gasteiger partial charge on any atom is 0.222 e. The summed E-state index contributed by atoms with van der Waals surface area (Å²) in [5.41, 5.74) is 2.77. The normalized spacial score (nSPS) is 26.9. The molecule has 0 N–H and O–H groups in total. The molecule has 4 aliphatic rings. The predicted molar refractivity (Wildman–Crippen MR) is 109 cm³/mol. The Hall–Kier alpha value is -2.13. The molecule has 1 aromatic heterocycles. The zero-order valence-corrected chi connectivity index (χ0v) is 17.1. The van der Waals surface area contributed by atoms with Gasteiger partial charge in [-0.1, -0.05) is 6.42 Å². The standard InChI is InChI=1S/C23H30N4O2/c24-12-19-11-20-15-29-9-6-21(20)25-23(19)26-7-4-16(5-8-26)10-22(28)27-13-17-2-1-3-18(17)14-27/h11,16-18H,1-10,13-15H2. The number of nitriles is 1. The minimum Gasteiger partial charge on any atom is -0.376 e.